The normalized spacial score (nSPS) is 11.1. The second kappa shape index (κ2) is 8.10. The number of thioether (sulfide) groups is 1. The summed E-state index contributed by atoms with van der Waals surface area (Å²) in [5.74, 6) is -0.407. The van der Waals surface area contributed by atoms with Gasteiger partial charge in [-0.25, -0.2) is 10.2 Å². The molecule has 7 heteroatoms. The number of rotatable bonds is 6. The lowest BCUT2D eigenvalue weighted by molar-refractivity contribution is -0.136. The standard InChI is InChI=1S/C8H15N3O3S/c1-2-3-6(10-11-8(9)14)15-5-4-7(12)13/h2-5H2,1H3,(H,12,13)(H3,9,11,14). The summed E-state index contributed by atoms with van der Waals surface area (Å²) >= 11 is 1.32. The molecule has 0 fully saturated rings. The predicted octanol–water partition coefficient (Wildman–Crippen LogP) is 0.976. The second-order valence-electron chi connectivity index (χ2n) is 2.72. The molecule has 0 bridgehead atoms. The van der Waals surface area contributed by atoms with E-state index in [-0.39, 0.29) is 6.42 Å². The van der Waals surface area contributed by atoms with Crippen LogP contribution in [0.3, 0.4) is 0 Å². The molecule has 0 radical (unpaired) electrons. The summed E-state index contributed by atoms with van der Waals surface area (Å²) in [4.78, 5) is 20.7. The van der Waals surface area contributed by atoms with Gasteiger partial charge in [0.25, 0.3) is 0 Å². The monoisotopic (exact) mass is 233 g/mol. The van der Waals surface area contributed by atoms with Gasteiger partial charge in [0.15, 0.2) is 0 Å². The van der Waals surface area contributed by atoms with E-state index in [0.29, 0.717) is 17.2 Å². The molecule has 4 N–H and O–H groups in total. The van der Waals surface area contributed by atoms with Crippen molar-refractivity contribution in [1.82, 2.24) is 5.43 Å². The van der Waals surface area contributed by atoms with E-state index in [2.05, 4.69) is 10.5 Å². The van der Waals surface area contributed by atoms with Crippen molar-refractivity contribution in [1.29, 1.82) is 0 Å². The van der Waals surface area contributed by atoms with Crippen LogP contribution in [-0.4, -0.2) is 27.9 Å². The molecule has 2 amide bonds. The van der Waals surface area contributed by atoms with Crippen LogP contribution in [0, 0.1) is 0 Å². The maximum absolute atomic E-state index is 10.4. The van der Waals surface area contributed by atoms with Crippen molar-refractivity contribution in [2.24, 2.45) is 10.8 Å². The first-order valence-corrected chi connectivity index (χ1v) is 5.51. The molecule has 86 valence electrons. The van der Waals surface area contributed by atoms with Gasteiger partial charge in [0.2, 0.25) is 0 Å². The number of hydrogen-bond donors (Lipinski definition) is 3. The smallest absolute Gasteiger partial charge is 0.332 e. The summed E-state index contributed by atoms with van der Waals surface area (Å²) in [6, 6.07) is -0.720. The Hall–Kier alpha value is -1.24. The Morgan fingerprint density at radius 1 is 1.47 bits per heavy atom. The molecular formula is C8H15N3O3S. The second-order valence-corrected chi connectivity index (χ2v) is 3.89. The molecule has 0 saturated heterocycles. The van der Waals surface area contributed by atoms with Gasteiger partial charge in [0.1, 0.15) is 0 Å². The molecule has 0 atom stereocenters. The Bertz CT molecular complexity index is 256. The first kappa shape index (κ1) is 13.8. The number of carbonyl (C=O) groups is 2. The third-order valence-corrected chi connectivity index (χ3v) is 2.38. The van der Waals surface area contributed by atoms with Crippen molar-refractivity contribution in [3.8, 4) is 0 Å². The Balaban J connectivity index is 3.97. The summed E-state index contributed by atoms with van der Waals surface area (Å²) < 4.78 is 0. The number of aliphatic carboxylic acids is 1. The fourth-order valence-corrected chi connectivity index (χ4v) is 1.72. The zero-order chi connectivity index (χ0) is 11.7. The van der Waals surface area contributed by atoms with Crippen LogP contribution in [0.5, 0.6) is 0 Å². The fraction of sp³-hybridized carbons (Fsp3) is 0.625. The third-order valence-electron chi connectivity index (χ3n) is 1.34. The van der Waals surface area contributed by atoms with Gasteiger partial charge < -0.3 is 10.8 Å². The highest BCUT2D eigenvalue weighted by Crippen LogP contribution is 2.10. The van der Waals surface area contributed by atoms with Crippen LogP contribution < -0.4 is 11.2 Å². The largest absolute Gasteiger partial charge is 0.481 e. The van der Waals surface area contributed by atoms with Gasteiger partial charge in [-0.3, -0.25) is 4.79 Å². The Morgan fingerprint density at radius 3 is 2.60 bits per heavy atom. The van der Waals surface area contributed by atoms with Crippen molar-refractivity contribution in [3.63, 3.8) is 0 Å². The molecule has 0 aliphatic heterocycles. The molecule has 0 spiro atoms. The quantitative estimate of drug-likeness (QED) is 0.361. The van der Waals surface area contributed by atoms with Crippen LogP contribution in [0.2, 0.25) is 0 Å². The van der Waals surface area contributed by atoms with Crippen LogP contribution >= 0.6 is 11.8 Å². The van der Waals surface area contributed by atoms with E-state index in [9.17, 15) is 9.59 Å². The van der Waals surface area contributed by atoms with Crippen molar-refractivity contribution < 1.29 is 14.7 Å². The molecule has 0 rings (SSSR count). The van der Waals surface area contributed by atoms with E-state index in [0.717, 1.165) is 6.42 Å². The topological polar surface area (TPSA) is 105 Å². The first-order valence-electron chi connectivity index (χ1n) is 4.52. The molecule has 0 saturated carbocycles. The van der Waals surface area contributed by atoms with Crippen LogP contribution in [0.15, 0.2) is 5.10 Å². The number of nitrogens with one attached hydrogen (secondary N) is 1. The Morgan fingerprint density at radius 2 is 2.13 bits per heavy atom. The maximum Gasteiger partial charge on any atom is 0.332 e. The van der Waals surface area contributed by atoms with Crippen LogP contribution in [0.25, 0.3) is 0 Å². The van der Waals surface area contributed by atoms with Gasteiger partial charge in [0.05, 0.1) is 11.5 Å². The van der Waals surface area contributed by atoms with E-state index in [1.807, 2.05) is 6.92 Å². The summed E-state index contributed by atoms with van der Waals surface area (Å²) in [5, 5.41) is 12.9. The van der Waals surface area contributed by atoms with Crippen molar-refractivity contribution in [2.75, 3.05) is 5.75 Å². The number of carbonyl (C=O) groups excluding carboxylic acids is 1. The van der Waals surface area contributed by atoms with Crippen LogP contribution in [-0.2, 0) is 4.79 Å². The third kappa shape index (κ3) is 9.07. The van der Waals surface area contributed by atoms with E-state index in [1.54, 1.807) is 0 Å². The minimum atomic E-state index is -0.846. The van der Waals surface area contributed by atoms with Crippen molar-refractivity contribution in [2.45, 2.75) is 26.2 Å². The number of urea groups is 1. The lowest BCUT2D eigenvalue weighted by Crippen LogP contribution is -2.25. The van der Waals surface area contributed by atoms with Crippen LogP contribution in [0.4, 0.5) is 4.79 Å². The SMILES string of the molecule is CCCC(=NNC(N)=O)SCCC(=O)O. The van der Waals surface area contributed by atoms with E-state index in [4.69, 9.17) is 10.8 Å². The first-order chi connectivity index (χ1) is 7.06. The molecule has 0 heterocycles. The van der Waals surface area contributed by atoms with Crippen LogP contribution in [0.1, 0.15) is 26.2 Å². The zero-order valence-corrected chi connectivity index (χ0v) is 9.34. The van der Waals surface area contributed by atoms with Gasteiger partial charge in [0, 0.05) is 5.75 Å². The highest BCUT2D eigenvalue weighted by molar-refractivity contribution is 8.13. The van der Waals surface area contributed by atoms with Gasteiger partial charge in [-0.2, -0.15) is 5.10 Å². The number of primary amides is 1. The minimum absolute atomic E-state index is 0.0734. The van der Waals surface area contributed by atoms with E-state index in [1.165, 1.54) is 11.8 Å². The minimum Gasteiger partial charge on any atom is -0.481 e. The Labute approximate surface area is 92.3 Å². The fourth-order valence-electron chi connectivity index (χ4n) is 0.748. The summed E-state index contributed by atoms with van der Waals surface area (Å²) in [7, 11) is 0. The highest BCUT2D eigenvalue weighted by Gasteiger charge is 2.03. The average Bonchev–Trinajstić information content (AvgIpc) is 2.13. The Kier molecular flexibility index (Phi) is 7.43. The number of nitrogens with zero attached hydrogens (tertiary/aromatic N) is 1. The van der Waals surface area contributed by atoms with Crippen molar-refractivity contribution >= 4 is 28.8 Å². The number of amides is 2. The molecule has 0 aromatic heterocycles. The lowest BCUT2D eigenvalue weighted by Gasteiger charge is -2.03. The molecule has 15 heavy (non-hydrogen) atoms. The molecule has 0 aromatic carbocycles. The van der Waals surface area contributed by atoms with E-state index < -0.39 is 12.0 Å². The maximum atomic E-state index is 10.4. The summed E-state index contributed by atoms with van der Waals surface area (Å²) in [5.41, 5.74) is 6.98. The number of hydrogen-bond acceptors (Lipinski definition) is 4. The number of hydrazone groups is 1. The molecule has 0 aromatic rings. The van der Waals surface area contributed by atoms with Gasteiger partial charge in [-0.15, -0.1) is 11.8 Å². The average molecular weight is 233 g/mol. The lowest BCUT2D eigenvalue weighted by atomic mass is 10.4. The van der Waals surface area contributed by atoms with E-state index >= 15 is 0 Å². The zero-order valence-electron chi connectivity index (χ0n) is 8.52. The van der Waals surface area contributed by atoms with Gasteiger partial charge in [-0.1, -0.05) is 6.92 Å². The summed E-state index contributed by atoms with van der Waals surface area (Å²) in [6.45, 7) is 1.97. The van der Waals surface area contributed by atoms with Gasteiger partial charge in [-0.05, 0) is 12.8 Å². The molecule has 0 aliphatic rings. The molecular weight excluding hydrogens is 218 g/mol. The number of nitrogens with two attached hydrogens (primary N) is 1. The predicted molar refractivity (Wildman–Crippen MR) is 59.8 cm³/mol. The number of carboxylic acids is 1. The molecule has 6 nitrogen and oxygen atoms in total. The number of carboxylic acid groups (broad SMARTS) is 1. The summed E-state index contributed by atoms with van der Waals surface area (Å²) in [6.07, 6.45) is 1.65. The van der Waals surface area contributed by atoms with Crippen molar-refractivity contribution in [3.05, 3.63) is 0 Å². The molecule has 0 aliphatic carbocycles. The molecule has 0 unspecified atom stereocenters. The van der Waals surface area contributed by atoms with Gasteiger partial charge >= 0.3 is 12.0 Å². The highest BCUT2D eigenvalue weighted by atomic mass is 32.2.